The number of hydrogen-bond acceptors (Lipinski definition) is 2. The molecule has 2 rings (SSSR count). The summed E-state index contributed by atoms with van der Waals surface area (Å²) in [6.07, 6.45) is 1.66. The van der Waals surface area contributed by atoms with Gasteiger partial charge in [0.15, 0.2) is 0 Å². The molecule has 0 aliphatic rings. The smallest absolute Gasteiger partial charge is 0.332 e. The minimum Gasteiger partial charge on any atom is -0.350 e. The molecule has 0 atom stereocenters. The van der Waals surface area contributed by atoms with E-state index in [9.17, 15) is 4.79 Å². The predicted molar refractivity (Wildman–Crippen MR) is 48.7 cm³/mol. The van der Waals surface area contributed by atoms with Crippen molar-refractivity contribution in [2.45, 2.75) is 0 Å². The number of primary amides is 1. The van der Waals surface area contributed by atoms with E-state index in [2.05, 4.69) is 10.5 Å². The first-order chi connectivity index (χ1) is 6.27. The van der Waals surface area contributed by atoms with E-state index in [0.717, 1.165) is 10.9 Å². The topological polar surface area (TPSA) is 72.9 Å². The highest BCUT2D eigenvalue weighted by molar-refractivity contribution is 5.84. The number of nitrogens with one attached hydrogen (secondary N) is 1. The number of para-hydroxylation sites is 1. The minimum absolute atomic E-state index is 0.631. The van der Waals surface area contributed by atoms with Gasteiger partial charge < -0.3 is 5.73 Å². The quantitative estimate of drug-likeness (QED) is 0.669. The second-order valence-corrected chi connectivity index (χ2v) is 2.59. The standard InChI is InChI=1S/C8H8N4O/c9-8(13)11-12-7-4-2-1-3-6(7)5-10-12/h1-5H,(H3,9,11,13). The maximum Gasteiger partial charge on any atom is 0.332 e. The van der Waals surface area contributed by atoms with Gasteiger partial charge >= 0.3 is 6.03 Å². The second kappa shape index (κ2) is 2.78. The van der Waals surface area contributed by atoms with Crippen LogP contribution in [0.25, 0.3) is 10.9 Å². The normalized spacial score (nSPS) is 10.2. The molecule has 2 aromatic rings. The minimum atomic E-state index is -0.631. The van der Waals surface area contributed by atoms with Crippen LogP contribution in [0.2, 0.25) is 0 Å². The van der Waals surface area contributed by atoms with Crippen LogP contribution in [0, 0.1) is 0 Å². The first kappa shape index (κ1) is 7.60. The molecule has 0 radical (unpaired) electrons. The molecule has 1 aromatic carbocycles. The van der Waals surface area contributed by atoms with E-state index in [0.29, 0.717) is 0 Å². The number of amides is 2. The highest BCUT2D eigenvalue weighted by Gasteiger charge is 2.01. The first-order valence-electron chi connectivity index (χ1n) is 3.76. The van der Waals surface area contributed by atoms with Gasteiger partial charge in [-0.2, -0.15) is 9.89 Å². The van der Waals surface area contributed by atoms with Gasteiger partial charge in [-0.1, -0.05) is 18.2 Å². The number of hydrogen-bond donors (Lipinski definition) is 2. The molecule has 0 spiro atoms. The lowest BCUT2D eigenvalue weighted by molar-refractivity contribution is 0.256. The fourth-order valence-electron chi connectivity index (χ4n) is 1.17. The van der Waals surface area contributed by atoms with Crippen molar-refractivity contribution in [2.24, 2.45) is 5.73 Å². The summed E-state index contributed by atoms with van der Waals surface area (Å²) < 4.78 is 0. The number of urea groups is 1. The Morgan fingerprint density at radius 3 is 3.00 bits per heavy atom. The summed E-state index contributed by atoms with van der Waals surface area (Å²) >= 11 is 0. The molecule has 0 aliphatic carbocycles. The van der Waals surface area contributed by atoms with Crippen LogP contribution in [0.3, 0.4) is 0 Å². The van der Waals surface area contributed by atoms with Gasteiger partial charge in [0.1, 0.15) is 0 Å². The van der Waals surface area contributed by atoms with Crippen LogP contribution in [0.15, 0.2) is 30.5 Å². The van der Waals surface area contributed by atoms with E-state index >= 15 is 0 Å². The summed E-state index contributed by atoms with van der Waals surface area (Å²) in [5, 5.41) is 4.90. The number of nitrogens with two attached hydrogens (primary N) is 1. The van der Waals surface area contributed by atoms with Crippen LogP contribution in [0.5, 0.6) is 0 Å². The van der Waals surface area contributed by atoms with Crippen LogP contribution in [0.4, 0.5) is 4.79 Å². The molecule has 0 unspecified atom stereocenters. The van der Waals surface area contributed by atoms with E-state index < -0.39 is 6.03 Å². The summed E-state index contributed by atoms with van der Waals surface area (Å²) in [5.74, 6) is 0. The van der Waals surface area contributed by atoms with E-state index in [1.807, 2.05) is 24.3 Å². The molecule has 3 N–H and O–H groups in total. The average molecular weight is 176 g/mol. The maximum atomic E-state index is 10.6. The fourth-order valence-corrected chi connectivity index (χ4v) is 1.17. The second-order valence-electron chi connectivity index (χ2n) is 2.59. The molecular formula is C8H8N4O. The molecule has 1 heterocycles. The van der Waals surface area contributed by atoms with Crippen LogP contribution in [0.1, 0.15) is 0 Å². The van der Waals surface area contributed by atoms with E-state index in [-0.39, 0.29) is 0 Å². The Morgan fingerprint density at radius 1 is 1.46 bits per heavy atom. The van der Waals surface area contributed by atoms with Crippen LogP contribution >= 0.6 is 0 Å². The summed E-state index contributed by atoms with van der Waals surface area (Å²) in [7, 11) is 0. The number of carbonyl (C=O) groups excluding carboxylic acids is 1. The van der Waals surface area contributed by atoms with Gasteiger partial charge in [0.2, 0.25) is 0 Å². The maximum absolute atomic E-state index is 10.6. The lowest BCUT2D eigenvalue weighted by Gasteiger charge is -2.01. The summed E-state index contributed by atoms with van der Waals surface area (Å²) in [5.41, 5.74) is 8.16. The van der Waals surface area contributed by atoms with Gasteiger partial charge in [-0.25, -0.2) is 10.2 Å². The van der Waals surface area contributed by atoms with Crippen LogP contribution < -0.4 is 11.2 Å². The molecular weight excluding hydrogens is 168 g/mol. The largest absolute Gasteiger partial charge is 0.350 e. The molecule has 2 amide bonds. The van der Waals surface area contributed by atoms with Gasteiger partial charge in [-0.05, 0) is 6.07 Å². The molecule has 66 valence electrons. The highest BCUT2D eigenvalue weighted by Crippen LogP contribution is 2.10. The fraction of sp³-hybridized carbons (Fsp3) is 0. The Balaban J connectivity index is 2.51. The lowest BCUT2D eigenvalue weighted by Crippen LogP contribution is -2.28. The molecule has 0 saturated heterocycles. The SMILES string of the molecule is NC(=O)Nn1ncc2ccccc21. The van der Waals surface area contributed by atoms with Crippen molar-refractivity contribution in [1.82, 2.24) is 9.89 Å². The number of aromatic nitrogens is 2. The number of benzene rings is 1. The van der Waals surface area contributed by atoms with Crippen molar-refractivity contribution in [2.75, 3.05) is 5.43 Å². The Bertz CT molecular complexity index is 448. The van der Waals surface area contributed by atoms with Crippen molar-refractivity contribution in [1.29, 1.82) is 0 Å². The summed E-state index contributed by atoms with van der Waals surface area (Å²) in [6, 6.07) is 6.88. The zero-order chi connectivity index (χ0) is 9.26. The average Bonchev–Trinajstić information content (AvgIpc) is 2.48. The van der Waals surface area contributed by atoms with Crippen molar-refractivity contribution in [3.05, 3.63) is 30.5 Å². The molecule has 13 heavy (non-hydrogen) atoms. The van der Waals surface area contributed by atoms with E-state index in [1.54, 1.807) is 6.20 Å². The zero-order valence-electron chi connectivity index (χ0n) is 6.77. The van der Waals surface area contributed by atoms with Gasteiger partial charge in [0.05, 0.1) is 11.7 Å². The van der Waals surface area contributed by atoms with Crippen molar-refractivity contribution < 1.29 is 4.79 Å². The molecule has 0 bridgehead atoms. The first-order valence-corrected chi connectivity index (χ1v) is 3.76. The third kappa shape index (κ3) is 1.31. The van der Waals surface area contributed by atoms with Crippen molar-refractivity contribution >= 4 is 16.9 Å². The summed E-state index contributed by atoms with van der Waals surface area (Å²) in [6.45, 7) is 0. The highest BCUT2D eigenvalue weighted by atomic mass is 16.2. The molecule has 0 saturated carbocycles. The number of carbonyl (C=O) groups is 1. The lowest BCUT2D eigenvalue weighted by atomic mass is 10.3. The van der Waals surface area contributed by atoms with Gasteiger partial charge in [0, 0.05) is 5.39 Å². The summed E-state index contributed by atoms with van der Waals surface area (Å²) in [4.78, 5) is 11.9. The van der Waals surface area contributed by atoms with Gasteiger partial charge in [-0.3, -0.25) is 0 Å². The number of fused-ring (bicyclic) bond motifs is 1. The zero-order valence-corrected chi connectivity index (χ0v) is 6.77. The molecule has 1 aromatic heterocycles. The van der Waals surface area contributed by atoms with E-state index in [4.69, 9.17) is 5.73 Å². The van der Waals surface area contributed by atoms with E-state index in [1.165, 1.54) is 4.79 Å². The van der Waals surface area contributed by atoms with Crippen molar-refractivity contribution in [3.63, 3.8) is 0 Å². The predicted octanol–water partition coefficient (Wildman–Crippen LogP) is 0.658. The molecule has 5 nitrogen and oxygen atoms in total. The van der Waals surface area contributed by atoms with Crippen LogP contribution in [-0.4, -0.2) is 15.9 Å². The Labute approximate surface area is 74.1 Å². The Morgan fingerprint density at radius 2 is 2.23 bits per heavy atom. The Hall–Kier alpha value is -2.04. The van der Waals surface area contributed by atoms with Gasteiger partial charge in [-0.15, -0.1) is 0 Å². The Kier molecular flexibility index (Phi) is 1.63. The van der Waals surface area contributed by atoms with Gasteiger partial charge in [0.25, 0.3) is 0 Å². The third-order valence-corrected chi connectivity index (χ3v) is 1.69. The van der Waals surface area contributed by atoms with Crippen LogP contribution in [-0.2, 0) is 0 Å². The number of nitrogens with zero attached hydrogens (tertiary/aromatic N) is 2. The molecule has 0 aliphatic heterocycles. The molecule has 0 fully saturated rings. The number of rotatable bonds is 1. The molecule has 5 heteroatoms. The monoisotopic (exact) mass is 176 g/mol. The van der Waals surface area contributed by atoms with Crippen molar-refractivity contribution in [3.8, 4) is 0 Å². The third-order valence-electron chi connectivity index (χ3n) is 1.69.